The number of amidine groups is 4. The lowest BCUT2D eigenvalue weighted by Crippen LogP contribution is -2.16. The zero-order valence-electron chi connectivity index (χ0n) is 21.0. The van der Waals surface area contributed by atoms with Crippen molar-refractivity contribution in [2.45, 2.75) is 13.8 Å². The fraction of sp³-hybridized carbons (Fsp3) is 0.154. The SMILES string of the molecule is CCN=C(N)c1ccc(N=C(Nc2ccc(C(N)=NCC)cc2)c2ccc(C(=N)N)cc2)cc1.Cl.Cl.Cl.Cl. The van der Waals surface area contributed by atoms with Crippen LogP contribution in [0, 0.1) is 5.41 Å². The summed E-state index contributed by atoms with van der Waals surface area (Å²) < 4.78 is 0. The average Bonchev–Trinajstić information content (AvgIpc) is 2.85. The van der Waals surface area contributed by atoms with Gasteiger partial charge in [0.1, 0.15) is 23.3 Å². The molecule has 0 bridgehead atoms. The summed E-state index contributed by atoms with van der Waals surface area (Å²) in [6.07, 6.45) is 0. The van der Waals surface area contributed by atoms with Gasteiger partial charge in [-0.3, -0.25) is 15.4 Å². The van der Waals surface area contributed by atoms with Gasteiger partial charge in [0, 0.05) is 41.0 Å². The summed E-state index contributed by atoms with van der Waals surface area (Å²) in [6, 6.07) is 22.6. The van der Waals surface area contributed by atoms with Gasteiger partial charge in [0.15, 0.2) is 0 Å². The van der Waals surface area contributed by atoms with Gasteiger partial charge in [0.25, 0.3) is 0 Å². The van der Waals surface area contributed by atoms with Crippen molar-refractivity contribution in [2.24, 2.45) is 32.2 Å². The highest BCUT2D eigenvalue weighted by atomic mass is 35.5. The number of nitrogens with two attached hydrogens (primary N) is 3. The van der Waals surface area contributed by atoms with Crippen molar-refractivity contribution >= 4 is 84.3 Å². The summed E-state index contributed by atoms with van der Waals surface area (Å²) in [6.45, 7) is 5.15. The highest BCUT2D eigenvalue weighted by molar-refractivity contribution is 6.10. The number of rotatable bonds is 8. The van der Waals surface area contributed by atoms with Crippen LogP contribution in [0.25, 0.3) is 0 Å². The van der Waals surface area contributed by atoms with Crippen LogP contribution in [0.3, 0.4) is 0 Å². The number of halogens is 4. The lowest BCUT2D eigenvalue weighted by Gasteiger charge is -2.12. The summed E-state index contributed by atoms with van der Waals surface area (Å²) in [7, 11) is 0. The van der Waals surface area contributed by atoms with Crippen molar-refractivity contribution in [3.8, 4) is 0 Å². The molecule has 3 aromatic rings. The first-order valence-electron chi connectivity index (χ1n) is 11.0. The highest BCUT2D eigenvalue weighted by Crippen LogP contribution is 2.18. The third-order valence-electron chi connectivity index (χ3n) is 4.97. The van der Waals surface area contributed by atoms with Crippen LogP contribution in [0.4, 0.5) is 11.4 Å². The van der Waals surface area contributed by atoms with Crippen LogP contribution in [0.15, 0.2) is 87.8 Å². The van der Waals surface area contributed by atoms with Gasteiger partial charge < -0.3 is 22.5 Å². The van der Waals surface area contributed by atoms with E-state index in [1.54, 1.807) is 12.1 Å². The normalized spacial score (nSPS) is 11.2. The number of nitrogens with one attached hydrogen (secondary N) is 2. The van der Waals surface area contributed by atoms with Crippen LogP contribution in [0.2, 0.25) is 0 Å². The quantitative estimate of drug-likeness (QED) is 0.176. The average molecular weight is 600 g/mol. The van der Waals surface area contributed by atoms with Crippen molar-refractivity contribution in [3.63, 3.8) is 0 Å². The van der Waals surface area contributed by atoms with Gasteiger partial charge in [0.2, 0.25) is 0 Å². The first-order chi connectivity index (χ1) is 16.4. The summed E-state index contributed by atoms with van der Waals surface area (Å²) >= 11 is 0. The van der Waals surface area contributed by atoms with Gasteiger partial charge in [-0.2, -0.15) is 0 Å². The molecule has 0 heterocycles. The van der Waals surface area contributed by atoms with E-state index >= 15 is 0 Å². The van der Waals surface area contributed by atoms with Crippen molar-refractivity contribution in [2.75, 3.05) is 18.4 Å². The molecule has 8 N–H and O–H groups in total. The molecule has 0 aliphatic heterocycles. The molecule has 0 saturated carbocycles. The minimum Gasteiger partial charge on any atom is -0.384 e. The number of hydrogen-bond acceptors (Lipinski definition) is 4. The van der Waals surface area contributed by atoms with Crippen LogP contribution in [-0.4, -0.2) is 36.4 Å². The van der Waals surface area contributed by atoms with E-state index in [4.69, 9.17) is 27.6 Å². The van der Waals surface area contributed by atoms with Crippen molar-refractivity contribution in [1.82, 2.24) is 0 Å². The number of anilines is 1. The standard InChI is InChI=1S/C26H30N8.4ClH/c1-3-31-24(29)18-9-13-21(14-10-18)33-26(20-7-5-17(6-8-20)23(27)28)34-22-15-11-19(12-16-22)25(30)32-4-2;;;;/h5-16H,3-4H2,1-2H3,(H3,27,28)(H2,29,31)(H2,30,32)(H,33,34);4*1H. The molecule has 206 valence electrons. The largest absolute Gasteiger partial charge is 0.384 e. The molecule has 0 aliphatic carbocycles. The first kappa shape index (κ1) is 36.9. The number of hydrogen-bond donors (Lipinski definition) is 5. The number of nitrogens with zero attached hydrogens (tertiary/aromatic N) is 3. The van der Waals surface area contributed by atoms with Gasteiger partial charge >= 0.3 is 0 Å². The fourth-order valence-corrected chi connectivity index (χ4v) is 3.19. The van der Waals surface area contributed by atoms with Gasteiger partial charge in [-0.25, -0.2) is 4.99 Å². The van der Waals surface area contributed by atoms with E-state index in [0.29, 0.717) is 36.2 Å². The molecule has 12 heteroatoms. The Morgan fingerprint density at radius 2 is 1.03 bits per heavy atom. The van der Waals surface area contributed by atoms with E-state index in [9.17, 15) is 0 Å². The minimum atomic E-state index is 0. The molecule has 0 fully saturated rings. The fourth-order valence-electron chi connectivity index (χ4n) is 3.19. The van der Waals surface area contributed by atoms with Crippen molar-refractivity contribution in [3.05, 3.63) is 95.1 Å². The van der Waals surface area contributed by atoms with Crippen LogP contribution in [0.1, 0.15) is 36.1 Å². The maximum atomic E-state index is 7.63. The molecule has 3 aromatic carbocycles. The third-order valence-corrected chi connectivity index (χ3v) is 4.97. The van der Waals surface area contributed by atoms with Crippen LogP contribution < -0.4 is 22.5 Å². The van der Waals surface area contributed by atoms with Gasteiger partial charge in [-0.05, 0) is 62.4 Å². The molecular formula is C26H34Cl4N8. The van der Waals surface area contributed by atoms with Gasteiger partial charge in [0.05, 0.1) is 5.69 Å². The summed E-state index contributed by atoms with van der Waals surface area (Å²) in [5.74, 6) is 1.67. The maximum absolute atomic E-state index is 7.63. The third kappa shape index (κ3) is 10.2. The van der Waals surface area contributed by atoms with E-state index in [2.05, 4.69) is 15.3 Å². The topological polar surface area (TPSA) is 151 Å². The molecule has 38 heavy (non-hydrogen) atoms. The van der Waals surface area contributed by atoms with Gasteiger partial charge in [-0.1, -0.05) is 24.3 Å². The first-order valence-corrected chi connectivity index (χ1v) is 11.0. The zero-order chi connectivity index (χ0) is 24.5. The Morgan fingerprint density at radius 1 is 0.632 bits per heavy atom. The molecule has 0 saturated heterocycles. The van der Waals surface area contributed by atoms with E-state index in [1.165, 1.54) is 0 Å². The Balaban J connectivity index is 0. The molecule has 0 atom stereocenters. The Bertz CT molecular complexity index is 1220. The predicted octanol–water partition coefficient (Wildman–Crippen LogP) is 5.30. The van der Waals surface area contributed by atoms with E-state index in [-0.39, 0.29) is 55.5 Å². The lowest BCUT2D eigenvalue weighted by molar-refractivity contribution is 1.12. The molecule has 0 aliphatic rings. The molecule has 0 spiro atoms. The minimum absolute atomic E-state index is 0. The van der Waals surface area contributed by atoms with E-state index in [0.717, 1.165) is 28.1 Å². The highest BCUT2D eigenvalue weighted by Gasteiger charge is 2.08. The maximum Gasteiger partial charge on any atom is 0.138 e. The second-order valence-corrected chi connectivity index (χ2v) is 7.42. The summed E-state index contributed by atoms with van der Waals surface area (Å²) in [4.78, 5) is 13.3. The number of nitrogen functional groups attached to an aromatic ring is 1. The summed E-state index contributed by atoms with van der Waals surface area (Å²) in [5.41, 5.74) is 22.4. The Hall–Kier alpha value is -3.30. The molecule has 0 unspecified atom stereocenters. The Labute approximate surface area is 248 Å². The summed E-state index contributed by atoms with van der Waals surface area (Å²) in [5, 5.41) is 11.0. The van der Waals surface area contributed by atoms with E-state index < -0.39 is 0 Å². The van der Waals surface area contributed by atoms with Gasteiger partial charge in [-0.15, -0.1) is 49.6 Å². The van der Waals surface area contributed by atoms with Crippen molar-refractivity contribution in [1.29, 1.82) is 5.41 Å². The van der Waals surface area contributed by atoms with Crippen LogP contribution in [-0.2, 0) is 0 Å². The van der Waals surface area contributed by atoms with Crippen molar-refractivity contribution < 1.29 is 0 Å². The molecule has 3 rings (SSSR count). The Kier molecular flexibility index (Phi) is 17.5. The second-order valence-electron chi connectivity index (χ2n) is 7.42. The predicted molar refractivity (Wildman–Crippen MR) is 172 cm³/mol. The number of aliphatic imine (C=N–C) groups is 3. The van der Waals surface area contributed by atoms with E-state index in [1.807, 2.05) is 74.5 Å². The van der Waals surface area contributed by atoms with Crippen LogP contribution in [0.5, 0.6) is 0 Å². The molecular weight excluding hydrogens is 566 g/mol. The second kappa shape index (κ2) is 18.0. The zero-order valence-corrected chi connectivity index (χ0v) is 24.3. The molecule has 0 amide bonds. The molecule has 8 nitrogen and oxygen atoms in total. The smallest absolute Gasteiger partial charge is 0.138 e. The molecule has 0 aromatic heterocycles. The molecule has 0 radical (unpaired) electrons. The lowest BCUT2D eigenvalue weighted by atomic mass is 10.1. The number of benzene rings is 3. The van der Waals surface area contributed by atoms with Crippen LogP contribution >= 0.6 is 49.6 Å². The Morgan fingerprint density at radius 3 is 1.45 bits per heavy atom. The monoisotopic (exact) mass is 598 g/mol.